The average molecular weight is 257 g/mol. The Morgan fingerprint density at radius 2 is 1.84 bits per heavy atom. The summed E-state index contributed by atoms with van der Waals surface area (Å²) in [5.41, 5.74) is 10.9. The smallest absolute Gasteiger partial charge is 0.123 e. The zero-order valence-electron chi connectivity index (χ0n) is 11.5. The molecule has 1 unspecified atom stereocenters. The Bertz CT molecular complexity index is 563. The van der Waals surface area contributed by atoms with Gasteiger partial charge in [-0.1, -0.05) is 35.9 Å². The third-order valence-electron chi connectivity index (χ3n) is 3.37. The highest BCUT2D eigenvalue weighted by Gasteiger charge is 2.08. The van der Waals surface area contributed by atoms with Crippen LogP contribution in [0.5, 0.6) is 0 Å². The van der Waals surface area contributed by atoms with Gasteiger partial charge in [0.15, 0.2) is 0 Å². The van der Waals surface area contributed by atoms with Crippen molar-refractivity contribution in [2.45, 2.75) is 32.7 Å². The molecule has 0 aliphatic heterocycles. The molecule has 0 fully saturated rings. The summed E-state index contributed by atoms with van der Waals surface area (Å²) in [7, 11) is 0. The highest BCUT2D eigenvalue weighted by Crippen LogP contribution is 2.14. The van der Waals surface area contributed by atoms with Crippen LogP contribution in [0.3, 0.4) is 0 Å². The Labute approximate surface area is 114 Å². The van der Waals surface area contributed by atoms with E-state index in [1.807, 2.05) is 6.07 Å². The summed E-state index contributed by atoms with van der Waals surface area (Å²) in [6.07, 6.45) is 1.52. The second-order valence-electron chi connectivity index (χ2n) is 5.23. The lowest BCUT2D eigenvalue weighted by Gasteiger charge is -2.14. The number of benzene rings is 2. The molecular formula is C17H20FN. The lowest BCUT2D eigenvalue weighted by atomic mass is 9.96. The van der Waals surface area contributed by atoms with E-state index < -0.39 is 0 Å². The average Bonchev–Trinajstić information content (AvgIpc) is 2.34. The molecule has 0 saturated heterocycles. The van der Waals surface area contributed by atoms with Crippen LogP contribution in [0.25, 0.3) is 0 Å². The summed E-state index contributed by atoms with van der Waals surface area (Å²) in [5.74, 6) is -0.198. The maximum atomic E-state index is 13.1. The van der Waals surface area contributed by atoms with E-state index in [-0.39, 0.29) is 11.9 Å². The second kappa shape index (κ2) is 5.98. The Hall–Kier alpha value is -1.67. The predicted molar refractivity (Wildman–Crippen MR) is 77.7 cm³/mol. The molecular weight excluding hydrogens is 237 g/mol. The molecule has 2 aromatic rings. The number of hydrogen-bond donors (Lipinski definition) is 1. The van der Waals surface area contributed by atoms with Crippen molar-refractivity contribution in [3.8, 4) is 0 Å². The molecule has 0 spiro atoms. The lowest BCUT2D eigenvalue weighted by molar-refractivity contribution is 0.618. The van der Waals surface area contributed by atoms with E-state index >= 15 is 0 Å². The van der Waals surface area contributed by atoms with E-state index in [2.05, 4.69) is 32.0 Å². The van der Waals surface area contributed by atoms with Crippen LogP contribution in [0.2, 0.25) is 0 Å². The SMILES string of the molecule is Cc1ccc(C)c(CC(N)Cc2cccc(F)c2)c1. The van der Waals surface area contributed by atoms with Gasteiger partial charge in [-0.15, -0.1) is 0 Å². The Morgan fingerprint density at radius 3 is 2.58 bits per heavy atom. The van der Waals surface area contributed by atoms with Gasteiger partial charge in [0, 0.05) is 6.04 Å². The number of halogens is 1. The maximum Gasteiger partial charge on any atom is 0.123 e. The first-order chi connectivity index (χ1) is 9.04. The highest BCUT2D eigenvalue weighted by atomic mass is 19.1. The van der Waals surface area contributed by atoms with Crippen molar-refractivity contribution >= 4 is 0 Å². The van der Waals surface area contributed by atoms with Crippen molar-refractivity contribution in [3.05, 3.63) is 70.5 Å². The van der Waals surface area contributed by atoms with Gasteiger partial charge in [0.05, 0.1) is 0 Å². The molecule has 0 aliphatic carbocycles. The normalized spacial score (nSPS) is 12.4. The standard InChI is InChI=1S/C17H20FN/c1-12-6-7-13(2)15(8-12)11-17(19)10-14-4-3-5-16(18)9-14/h3-9,17H,10-11,19H2,1-2H3. The summed E-state index contributed by atoms with van der Waals surface area (Å²) in [4.78, 5) is 0. The molecule has 100 valence electrons. The molecule has 0 aliphatic rings. The first kappa shape index (κ1) is 13.8. The van der Waals surface area contributed by atoms with Crippen LogP contribution in [0.4, 0.5) is 4.39 Å². The van der Waals surface area contributed by atoms with Crippen LogP contribution in [-0.2, 0) is 12.8 Å². The summed E-state index contributed by atoms with van der Waals surface area (Å²) in [6, 6.07) is 13.1. The van der Waals surface area contributed by atoms with Gasteiger partial charge in [0.25, 0.3) is 0 Å². The summed E-state index contributed by atoms with van der Waals surface area (Å²) in [5, 5.41) is 0. The fraction of sp³-hybridized carbons (Fsp3) is 0.294. The van der Waals surface area contributed by atoms with Crippen LogP contribution in [0, 0.1) is 19.7 Å². The van der Waals surface area contributed by atoms with Crippen LogP contribution in [0.15, 0.2) is 42.5 Å². The topological polar surface area (TPSA) is 26.0 Å². The molecule has 1 nitrogen and oxygen atoms in total. The minimum Gasteiger partial charge on any atom is -0.327 e. The van der Waals surface area contributed by atoms with Crippen LogP contribution in [0.1, 0.15) is 22.3 Å². The van der Waals surface area contributed by atoms with Crippen LogP contribution in [-0.4, -0.2) is 6.04 Å². The van der Waals surface area contributed by atoms with Crippen LogP contribution >= 0.6 is 0 Å². The second-order valence-corrected chi connectivity index (χ2v) is 5.23. The van der Waals surface area contributed by atoms with Crippen molar-refractivity contribution in [2.75, 3.05) is 0 Å². The van der Waals surface area contributed by atoms with E-state index in [0.717, 1.165) is 12.0 Å². The Balaban J connectivity index is 2.05. The van der Waals surface area contributed by atoms with Gasteiger partial charge >= 0.3 is 0 Å². The summed E-state index contributed by atoms with van der Waals surface area (Å²) in [6.45, 7) is 4.19. The molecule has 2 N–H and O–H groups in total. The van der Waals surface area contributed by atoms with Gasteiger partial charge in [-0.05, 0) is 55.5 Å². The van der Waals surface area contributed by atoms with Crippen LogP contribution < -0.4 is 5.73 Å². The van der Waals surface area contributed by atoms with Crippen molar-refractivity contribution in [1.29, 1.82) is 0 Å². The van der Waals surface area contributed by atoms with Gasteiger partial charge in [0.2, 0.25) is 0 Å². The minimum atomic E-state index is -0.198. The first-order valence-electron chi connectivity index (χ1n) is 6.61. The zero-order chi connectivity index (χ0) is 13.8. The molecule has 2 heteroatoms. The summed E-state index contributed by atoms with van der Waals surface area (Å²) >= 11 is 0. The molecule has 0 aromatic heterocycles. The minimum absolute atomic E-state index is 0.0160. The Kier molecular flexibility index (Phi) is 4.33. The van der Waals surface area contributed by atoms with E-state index in [0.29, 0.717) is 6.42 Å². The quantitative estimate of drug-likeness (QED) is 0.890. The van der Waals surface area contributed by atoms with Gasteiger partial charge in [-0.25, -0.2) is 4.39 Å². The third kappa shape index (κ3) is 3.90. The van der Waals surface area contributed by atoms with E-state index in [1.165, 1.54) is 22.8 Å². The first-order valence-corrected chi connectivity index (χ1v) is 6.61. The Morgan fingerprint density at radius 1 is 1.05 bits per heavy atom. The molecule has 19 heavy (non-hydrogen) atoms. The van der Waals surface area contributed by atoms with Gasteiger partial charge in [0.1, 0.15) is 5.82 Å². The molecule has 0 amide bonds. The molecule has 0 bridgehead atoms. The number of rotatable bonds is 4. The van der Waals surface area contributed by atoms with Crippen molar-refractivity contribution in [2.24, 2.45) is 5.73 Å². The van der Waals surface area contributed by atoms with Gasteiger partial charge < -0.3 is 5.73 Å². The molecule has 0 heterocycles. The van der Waals surface area contributed by atoms with Crippen molar-refractivity contribution in [1.82, 2.24) is 0 Å². The number of nitrogens with two attached hydrogens (primary N) is 1. The zero-order valence-corrected chi connectivity index (χ0v) is 11.5. The fourth-order valence-electron chi connectivity index (χ4n) is 2.34. The lowest BCUT2D eigenvalue weighted by Crippen LogP contribution is -2.26. The third-order valence-corrected chi connectivity index (χ3v) is 3.37. The monoisotopic (exact) mass is 257 g/mol. The van der Waals surface area contributed by atoms with Crippen molar-refractivity contribution < 1.29 is 4.39 Å². The predicted octanol–water partition coefficient (Wildman–Crippen LogP) is 3.56. The van der Waals surface area contributed by atoms with Gasteiger partial charge in [-0.2, -0.15) is 0 Å². The molecule has 1 atom stereocenters. The van der Waals surface area contributed by atoms with E-state index in [9.17, 15) is 4.39 Å². The molecule has 0 saturated carbocycles. The number of hydrogen-bond acceptors (Lipinski definition) is 1. The maximum absolute atomic E-state index is 13.1. The fourth-order valence-corrected chi connectivity index (χ4v) is 2.34. The molecule has 2 aromatic carbocycles. The van der Waals surface area contributed by atoms with E-state index in [4.69, 9.17) is 5.73 Å². The summed E-state index contributed by atoms with van der Waals surface area (Å²) < 4.78 is 13.1. The van der Waals surface area contributed by atoms with Gasteiger partial charge in [-0.3, -0.25) is 0 Å². The highest BCUT2D eigenvalue weighted by molar-refractivity contribution is 5.31. The van der Waals surface area contributed by atoms with E-state index in [1.54, 1.807) is 12.1 Å². The number of aryl methyl sites for hydroxylation is 2. The molecule has 2 rings (SSSR count). The van der Waals surface area contributed by atoms with Crippen molar-refractivity contribution in [3.63, 3.8) is 0 Å². The molecule has 0 radical (unpaired) electrons. The largest absolute Gasteiger partial charge is 0.327 e.